The van der Waals surface area contributed by atoms with Gasteiger partial charge in [0.1, 0.15) is 0 Å². The number of ether oxygens (including phenoxy) is 1. The highest BCUT2D eigenvalue weighted by Gasteiger charge is 2.11. The van der Waals surface area contributed by atoms with Gasteiger partial charge in [0.25, 0.3) is 0 Å². The van der Waals surface area contributed by atoms with Crippen molar-refractivity contribution in [2.75, 3.05) is 26.3 Å². The Morgan fingerprint density at radius 1 is 1.07 bits per heavy atom. The number of nitrogens with zero attached hydrogens (tertiary/aromatic N) is 1. The lowest BCUT2D eigenvalue weighted by molar-refractivity contribution is 0.0552. The Balaban J connectivity index is 2.06. The molecule has 2 aliphatic rings. The van der Waals surface area contributed by atoms with E-state index in [0.29, 0.717) is 0 Å². The first-order chi connectivity index (χ1) is 7.36. The molecule has 2 heteroatoms. The van der Waals surface area contributed by atoms with Crippen molar-refractivity contribution in [3.8, 4) is 0 Å². The first-order valence-corrected chi connectivity index (χ1v) is 5.74. The number of hydrogen-bond acceptors (Lipinski definition) is 2. The Bertz CT molecular complexity index is 296. The molecule has 1 saturated heterocycles. The molecule has 0 atom stereocenters. The second-order valence-corrected chi connectivity index (χ2v) is 4.09. The fourth-order valence-corrected chi connectivity index (χ4v) is 1.95. The van der Waals surface area contributed by atoms with Crippen molar-refractivity contribution in [3.63, 3.8) is 0 Å². The summed E-state index contributed by atoms with van der Waals surface area (Å²) in [4.78, 5) is 2.42. The van der Waals surface area contributed by atoms with Gasteiger partial charge < -0.3 is 9.64 Å². The van der Waals surface area contributed by atoms with Crippen molar-refractivity contribution < 1.29 is 4.74 Å². The van der Waals surface area contributed by atoms with Crippen LogP contribution in [0.25, 0.3) is 0 Å². The molecule has 1 aliphatic carbocycles. The van der Waals surface area contributed by atoms with E-state index in [-0.39, 0.29) is 0 Å². The van der Waals surface area contributed by atoms with Crippen molar-refractivity contribution in [1.82, 2.24) is 4.90 Å². The first kappa shape index (κ1) is 10.5. The van der Waals surface area contributed by atoms with Gasteiger partial charge in [-0.25, -0.2) is 0 Å². The lowest BCUT2D eigenvalue weighted by Gasteiger charge is -2.30. The third-order valence-corrected chi connectivity index (χ3v) is 2.88. The summed E-state index contributed by atoms with van der Waals surface area (Å²) in [6.45, 7) is 5.94. The largest absolute Gasteiger partial charge is 0.378 e. The van der Waals surface area contributed by atoms with E-state index in [4.69, 9.17) is 4.74 Å². The van der Waals surface area contributed by atoms with Gasteiger partial charge in [-0.2, -0.15) is 0 Å². The van der Waals surface area contributed by atoms with Gasteiger partial charge in [-0.05, 0) is 25.8 Å². The van der Waals surface area contributed by atoms with E-state index in [1.165, 1.54) is 11.3 Å². The molecular weight excluding hydrogens is 186 g/mol. The lowest BCUT2D eigenvalue weighted by Crippen LogP contribution is -2.35. The van der Waals surface area contributed by atoms with Crippen molar-refractivity contribution in [2.24, 2.45) is 0 Å². The SMILES string of the molecule is CC1=CCC/C=C(\N2CCOCC2)C=C1. The predicted octanol–water partition coefficient (Wildman–Crippen LogP) is 2.50. The summed E-state index contributed by atoms with van der Waals surface area (Å²) in [5.74, 6) is 0. The first-order valence-electron chi connectivity index (χ1n) is 5.74. The molecule has 0 unspecified atom stereocenters. The highest BCUT2D eigenvalue weighted by atomic mass is 16.5. The van der Waals surface area contributed by atoms with E-state index in [2.05, 4.69) is 36.1 Å². The molecule has 2 rings (SSSR count). The van der Waals surface area contributed by atoms with Crippen LogP contribution in [0.2, 0.25) is 0 Å². The fourth-order valence-electron chi connectivity index (χ4n) is 1.95. The molecule has 0 amide bonds. The van der Waals surface area contributed by atoms with Crippen LogP contribution in [0.3, 0.4) is 0 Å². The normalized spacial score (nSPS) is 26.3. The van der Waals surface area contributed by atoms with Gasteiger partial charge in [-0.3, -0.25) is 0 Å². The Morgan fingerprint density at radius 2 is 1.80 bits per heavy atom. The monoisotopic (exact) mass is 205 g/mol. The molecule has 0 spiro atoms. The van der Waals surface area contributed by atoms with Crippen LogP contribution in [0.5, 0.6) is 0 Å². The van der Waals surface area contributed by atoms with Crippen molar-refractivity contribution in [2.45, 2.75) is 19.8 Å². The minimum absolute atomic E-state index is 0.861. The van der Waals surface area contributed by atoms with Crippen molar-refractivity contribution in [3.05, 3.63) is 35.6 Å². The van der Waals surface area contributed by atoms with Crippen LogP contribution >= 0.6 is 0 Å². The minimum atomic E-state index is 0.861. The van der Waals surface area contributed by atoms with E-state index in [1.807, 2.05) is 0 Å². The van der Waals surface area contributed by atoms with Gasteiger partial charge in [0.05, 0.1) is 13.2 Å². The smallest absolute Gasteiger partial charge is 0.0642 e. The molecule has 0 N–H and O–H groups in total. The van der Waals surface area contributed by atoms with Crippen LogP contribution < -0.4 is 0 Å². The Hall–Kier alpha value is -1.02. The van der Waals surface area contributed by atoms with Crippen molar-refractivity contribution in [1.29, 1.82) is 0 Å². The quantitative estimate of drug-likeness (QED) is 0.652. The zero-order chi connectivity index (χ0) is 10.5. The summed E-state index contributed by atoms with van der Waals surface area (Å²) in [6.07, 6.45) is 11.4. The average Bonchev–Trinajstić information content (AvgIpc) is 2.25. The van der Waals surface area contributed by atoms with Crippen LogP contribution in [0.15, 0.2) is 35.6 Å². The lowest BCUT2D eigenvalue weighted by atomic mass is 10.1. The van der Waals surface area contributed by atoms with Crippen LogP contribution in [-0.2, 0) is 4.74 Å². The summed E-state index contributed by atoms with van der Waals surface area (Å²) >= 11 is 0. The maximum atomic E-state index is 5.36. The Labute approximate surface area is 91.9 Å². The Kier molecular flexibility index (Phi) is 3.62. The molecular formula is C13H19NO. The molecule has 82 valence electrons. The van der Waals surface area contributed by atoms with Crippen LogP contribution in [-0.4, -0.2) is 31.2 Å². The molecule has 0 radical (unpaired) electrons. The second kappa shape index (κ2) is 5.17. The van der Waals surface area contributed by atoms with Crippen molar-refractivity contribution >= 4 is 0 Å². The molecule has 0 aromatic rings. The summed E-state index contributed by atoms with van der Waals surface area (Å²) in [6, 6.07) is 0. The van der Waals surface area contributed by atoms with Gasteiger partial charge in [-0.15, -0.1) is 0 Å². The molecule has 1 aliphatic heterocycles. The van der Waals surface area contributed by atoms with E-state index in [0.717, 1.165) is 39.1 Å². The summed E-state index contributed by atoms with van der Waals surface area (Å²) in [7, 11) is 0. The number of hydrogen-bond donors (Lipinski definition) is 0. The molecule has 0 aromatic heterocycles. The Morgan fingerprint density at radius 3 is 2.60 bits per heavy atom. The zero-order valence-electron chi connectivity index (χ0n) is 9.41. The maximum absolute atomic E-state index is 5.36. The number of allylic oxidation sites excluding steroid dienone is 5. The summed E-state index contributed by atoms with van der Waals surface area (Å²) in [5, 5.41) is 0. The minimum Gasteiger partial charge on any atom is -0.378 e. The van der Waals surface area contributed by atoms with E-state index < -0.39 is 0 Å². The molecule has 0 saturated carbocycles. The fraction of sp³-hybridized carbons (Fsp3) is 0.538. The van der Waals surface area contributed by atoms with Crippen LogP contribution in [0, 0.1) is 0 Å². The molecule has 0 aromatic carbocycles. The van der Waals surface area contributed by atoms with Gasteiger partial charge in [-0.1, -0.05) is 23.8 Å². The highest BCUT2D eigenvalue weighted by Crippen LogP contribution is 2.15. The van der Waals surface area contributed by atoms with E-state index in [1.54, 1.807) is 0 Å². The number of rotatable bonds is 1. The third kappa shape index (κ3) is 2.96. The molecule has 0 bridgehead atoms. The molecule has 2 nitrogen and oxygen atoms in total. The standard InChI is InChI=1S/C13H19NO/c1-12-4-2-3-5-13(7-6-12)14-8-10-15-11-9-14/h4-7H,2-3,8-11H2,1H3/b7-6?,12-4?,13-5-. The molecule has 1 heterocycles. The topological polar surface area (TPSA) is 12.5 Å². The molecule has 1 fully saturated rings. The van der Waals surface area contributed by atoms with Gasteiger partial charge in [0, 0.05) is 18.8 Å². The van der Waals surface area contributed by atoms with Crippen LogP contribution in [0.4, 0.5) is 0 Å². The summed E-state index contributed by atoms with van der Waals surface area (Å²) in [5.41, 5.74) is 2.74. The van der Waals surface area contributed by atoms with E-state index in [9.17, 15) is 0 Å². The van der Waals surface area contributed by atoms with Crippen LogP contribution in [0.1, 0.15) is 19.8 Å². The molecule has 15 heavy (non-hydrogen) atoms. The van der Waals surface area contributed by atoms with E-state index >= 15 is 0 Å². The zero-order valence-corrected chi connectivity index (χ0v) is 9.41. The third-order valence-electron chi connectivity index (χ3n) is 2.88. The highest BCUT2D eigenvalue weighted by molar-refractivity contribution is 5.28. The number of morpholine rings is 1. The predicted molar refractivity (Wildman–Crippen MR) is 62.6 cm³/mol. The maximum Gasteiger partial charge on any atom is 0.0642 e. The summed E-state index contributed by atoms with van der Waals surface area (Å²) < 4.78 is 5.36. The van der Waals surface area contributed by atoms with Gasteiger partial charge >= 0.3 is 0 Å². The van der Waals surface area contributed by atoms with Gasteiger partial charge in [0.2, 0.25) is 0 Å². The van der Waals surface area contributed by atoms with Gasteiger partial charge in [0.15, 0.2) is 0 Å². The second-order valence-electron chi connectivity index (χ2n) is 4.09. The average molecular weight is 205 g/mol.